The first kappa shape index (κ1) is 22.1. The molecular weight excluding hydrogens is 374 g/mol. The molecule has 0 aliphatic carbocycles. The van der Waals surface area contributed by atoms with Crippen molar-refractivity contribution in [1.82, 2.24) is 14.7 Å². The van der Waals surface area contributed by atoms with Crippen LogP contribution in [0, 0.1) is 12.8 Å². The van der Waals surface area contributed by atoms with Gasteiger partial charge < -0.3 is 9.84 Å². The molecule has 1 atom stereocenters. The standard InChI is InChI=1S/C25H33N3O2/c1-18(2)15-28(16-20(4)29)17-23-24(21-9-7-6-8-10-21)26-27(5)25(23)30-22-13-11-19(3)12-14-22/h6-14,18,20,29H,15-17H2,1-5H3/t20-/m1/s1. The van der Waals surface area contributed by atoms with Crippen molar-refractivity contribution in [1.29, 1.82) is 0 Å². The second-order valence-corrected chi connectivity index (χ2v) is 8.47. The maximum Gasteiger partial charge on any atom is 0.222 e. The lowest BCUT2D eigenvalue weighted by atomic mass is 10.1. The Labute approximate surface area is 179 Å². The number of hydrogen-bond acceptors (Lipinski definition) is 4. The number of aliphatic hydroxyl groups excluding tert-OH is 1. The number of rotatable bonds is 9. The molecule has 0 saturated heterocycles. The third-order valence-corrected chi connectivity index (χ3v) is 4.90. The summed E-state index contributed by atoms with van der Waals surface area (Å²) in [5, 5.41) is 14.9. The summed E-state index contributed by atoms with van der Waals surface area (Å²) in [7, 11) is 1.92. The second-order valence-electron chi connectivity index (χ2n) is 8.47. The van der Waals surface area contributed by atoms with Gasteiger partial charge in [-0.15, -0.1) is 0 Å². The Bertz CT molecular complexity index is 921. The summed E-state index contributed by atoms with van der Waals surface area (Å²) in [6.07, 6.45) is -0.401. The van der Waals surface area contributed by atoms with Gasteiger partial charge in [-0.3, -0.25) is 4.90 Å². The molecule has 160 valence electrons. The van der Waals surface area contributed by atoms with Crippen LogP contribution < -0.4 is 4.74 Å². The van der Waals surface area contributed by atoms with Crippen molar-refractivity contribution < 1.29 is 9.84 Å². The van der Waals surface area contributed by atoms with E-state index in [-0.39, 0.29) is 0 Å². The van der Waals surface area contributed by atoms with Gasteiger partial charge in [0.25, 0.3) is 0 Å². The average molecular weight is 408 g/mol. The monoisotopic (exact) mass is 407 g/mol. The van der Waals surface area contributed by atoms with Gasteiger partial charge in [0.1, 0.15) is 11.4 Å². The predicted molar refractivity (Wildman–Crippen MR) is 122 cm³/mol. The van der Waals surface area contributed by atoms with Crippen molar-refractivity contribution in [2.45, 2.75) is 40.3 Å². The van der Waals surface area contributed by atoms with Crippen molar-refractivity contribution in [3.63, 3.8) is 0 Å². The van der Waals surface area contributed by atoms with E-state index in [1.54, 1.807) is 0 Å². The number of aromatic nitrogens is 2. The van der Waals surface area contributed by atoms with Gasteiger partial charge >= 0.3 is 0 Å². The minimum absolute atomic E-state index is 0.401. The van der Waals surface area contributed by atoms with Gasteiger partial charge in [0.2, 0.25) is 5.88 Å². The maximum atomic E-state index is 10.0. The SMILES string of the molecule is Cc1ccc(Oc2c(CN(CC(C)C)C[C@@H](C)O)c(-c3ccccc3)nn2C)cc1. The van der Waals surface area contributed by atoms with E-state index < -0.39 is 6.10 Å². The largest absolute Gasteiger partial charge is 0.439 e. The van der Waals surface area contributed by atoms with E-state index in [2.05, 4.69) is 37.8 Å². The Morgan fingerprint density at radius 3 is 2.27 bits per heavy atom. The molecule has 1 aromatic heterocycles. The van der Waals surface area contributed by atoms with E-state index in [9.17, 15) is 5.11 Å². The van der Waals surface area contributed by atoms with Crippen LogP contribution in [0.3, 0.4) is 0 Å². The van der Waals surface area contributed by atoms with Gasteiger partial charge in [-0.2, -0.15) is 5.10 Å². The summed E-state index contributed by atoms with van der Waals surface area (Å²) in [4.78, 5) is 2.28. The molecule has 0 fully saturated rings. The Hall–Kier alpha value is -2.63. The Kier molecular flexibility index (Phi) is 7.29. The molecule has 1 heterocycles. The van der Waals surface area contributed by atoms with Gasteiger partial charge in [0.15, 0.2) is 0 Å². The van der Waals surface area contributed by atoms with E-state index in [0.717, 1.165) is 35.0 Å². The molecule has 0 aliphatic rings. The molecule has 0 unspecified atom stereocenters. The minimum atomic E-state index is -0.401. The summed E-state index contributed by atoms with van der Waals surface area (Å²) in [5.74, 6) is 2.01. The number of benzene rings is 2. The fourth-order valence-electron chi connectivity index (χ4n) is 3.69. The number of aryl methyl sites for hydroxylation is 2. The third kappa shape index (κ3) is 5.71. The second kappa shape index (κ2) is 9.92. The van der Waals surface area contributed by atoms with Crippen LogP contribution in [0.4, 0.5) is 0 Å². The summed E-state index contributed by atoms with van der Waals surface area (Å²) in [5.41, 5.74) is 4.20. The summed E-state index contributed by atoms with van der Waals surface area (Å²) < 4.78 is 8.13. The van der Waals surface area contributed by atoms with Gasteiger partial charge in [-0.1, -0.05) is 61.9 Å². The molecule has 0 saturated carbocycles. The number of hydrogen-bond donors (Lipinski definition) is 1. The van der Waals surface area contributed by atoms with Crippen LogP contribution in [0.2, 0.25) is 0 Å². The maximum absolute atomic E-state index is 10.0. The van der Waals surface area contributed by atoms with Crippen molar-refractivity contribution in [3.8, 4) is 22.9 Å². The topological polar surface area (TPSA) is 50.5 Å². The highest BCUT2D eigenvalue weighted by molar-refractivity contribution is 5.65. The fraction of sp³-hybridized carbons (Fsp3) is 0.400. The lowest BCUT2D eigenvalue weighted by Gasteiger charge is -2.26. The molecule has 5 nitrogen and oxygen atoms in total. The van der Waals surface area contributed by atoms with Gasteiger partial charge in [0, 0.05) is 32.2 Å². The van der Waals surface area contributed by atoms with Crippen LogP contribution in [0.15, 0.2) is 54.6 Å². The highest BCUT2D eigenvalue weighted by Crippen LogP contribution is 2.34. The van der Waals surface area contributed by atoms with Crippen LogP contribution in [0.25, 0.3) is 11.3 Å². The fourth-order valence-corrected chi connectivity index (χ4v) is 3.69. The summed E-state index contributed by atoms with van der Waals surface area (Å²) in [6.45, 7) is 10.4. The van der Waals surface area contributed by atoms with Crippen molar-refractivity contribution in [2.75, 3.05) is 13.1 Å². The first-order valence-electron chi connectivity index (χ1n) is 10.6. The molecule has 30 heavy (non-hydrogen) atoms. The Morgan fingerprint density at radius 2 is 1.67 bits per heavy atom. The molecule has 0 radical (unpaired) electrons. The van der Waals surface area contributed by atoms with Crippen LogP contribution in [0.1, 0.15) is 31.9 Å². The molecule has 0 amide bonds. The van der Waals surface area contributed by atoms with Crippen molar-refractivity contribution >= 4 is 0 Å². The van der Waals surface area contributed by atoms with Gasteiger partial charge in [0.05, 0.1) is 11.7 Å². The lowest BCUT2D eigenvalue weighted by Crippen LogP contribution is -2.33. The normalized spacial score (nSPS) is 12.5. The lowest BCUT2D eigenvalue weighted by molar-refractivity contribution is 0.114. The third-order valence-electron chi connectivity index (χ3n) is 4.90. The zero-order valence-corrected chi connectivity index (χ0v) is 18.7. The smallest absolute Gasteiger partial charge is 0.222 e. The van der Waals surface area contributed by atoms with Gasteiger partial charge in [-0.05, 0) is 31.9 Å². The summed E-state index contributed by atoms with van der Waals surface area (Å²) >= 11 is 0. The average Bonchev–Trinajstić information content (AvgIpc) is 2.99. The number of aliphatic hydroxyl groups is 1. The molecule has 0 spiro atoms. The molecule has 3 rings (SSSR count). The zero-order valence-electron chi connectivity index (χ0n) is 18.7. The Balaban J connectivity index is 2.02. The number of nitrogens with zero attached hydrogens (tertiary/aromatic N) is 3. The predicted octanol–water partition coefficient (Wildman–Crippen LogP) is 5.03. The van der Waals surface area contributed by atoms with Crippen LogP contribution in [-0.2, 0) is 13.6 Å². The molecular formula is C25H33N3O2. The van der Waals surface area contributed by atoms with E-state index in [4.69, 9.17) is 9.84 Å². The molecule has 3 aromatic rings. The summed E-state index contributed by atoms with van der Waals surface area (Å²) in [6, 6.07) is 18.3. The highest BCUT2D eigenvalue weighted by atomic mass is 16.5. The van der Waals surface area contributed by atoms with Crippen LogP contribution in [0.5, 0.6) is 11.6 Å². The first-order chi connectivity index (χ1) is 14.3. The van der Waals surface area contributed by atoms with E-state index in [1.807, 2.05) is 61.1 Å². The van der Waals surface area contributed by atoms with E-state index in [1.165, 1.54) is 5.56 Å². The Morgan fingerprint density at radius 1 is 1.00 bits per heavy atom. The molecule has 0 aliphatic heterocycles. The zero-order chi connectivity index (χ0) is 21.7. The van der Waals surface area contributed by atoms with E-state index >= 15 is 0 Å². The molecule has 0 bridgehead atoms. The van der Waals surface area contributed by atoms with Crippen molar-refractivity contribution in [2.24, 2.45) is 13.0 Å². The quantitative estimate of drug-likeness (QED) is 0.541. The van der Waals surface area contributed by atoms with Gasteiger partial charge in [-0.25, -0.2) is 4.68 Å². The molecule has 2 aromatic carbocycles. The minimum Gasteiger partial charge on any atom is -0.439 e. The first-order valence-corrected chi connectivity index (χ1v) is 10.6. The van der Waals surface area contributed by atoms with Crippen LogP contribution >= 0.6 is 0 Å². The number of ether oxygens (including phenoxy) is 1. The van der Waals surface area contributed by atoms with Crippen LogP contribution in [-0.4, -0.2) is 39.0 Å². The van der Waals surface area contributed by atoms with Crippen molar-refractivity contribution in [3.05, 3.63) is 65.7 Å². The molecule has 1 N–H and O–H groups in total. The molecule has 5 heteroatoms. The van der Waals surface area contributed by atoms with E-state index in [0.29, 0.717) is 19.0 Å². The highest BCUT2D eigenvalue weighted by Gasteiger charge is 2.23.